The monoisotopic (exact) mass is 212 g/mol. The highest BCUT2D eigenvalue weighted by molar-refractivity contribution is 7.05. The molecule has 1 aliphatic carbocycles. The molecule has 2 rings (SSSR count). The average Bonchev–Trinajstić information content (AvgIpc) is 2.65. The van der Waals surface area contributed by atoms with Crippen LogP contribution in [0.4, 0.5) is 0 Å². The molecule has 1 aromatic rings. The minimum Gasteiger partial charge on any atom is -0.387 e. The van der Waals surface area contributed by atoms with Gasteiger partial charge in [0.05, 0.1) is 16.7 Å². The van der Waals surface area contributed by atoms with Gasteiger partial charge in [0, 0.05) is 0 Å². The molecule has 1 heterocycles. The first-order chi connectivity index (χ1) is 6.79. The summed E-state index contributed by atoms with van der Waals surface area (Å²) in [4.78, 5) is 0.969. The number of aryl methyl sites for hydroxylation is 1. The number of hydrogen-bond acceptors (Lipinski definition) is 4. The van der Waals surface area contributed by atoms with E-state index in [2.05, 4.69) is 9.59 Å². The van der Waals surface area contributed by atoms with Crippen molar-refractivity contribution >= 4 is 11.5 Å². The molecule has 0 aromatic carbocycles. The molecule has 0 amide bonds. The zero-order valence-electron chi connectivity index (χ0n) is 8.44. The molecule has 78 valence electrons. The number of aromatic nitrogens is 2. The fourth-order valence-electron chi connectivity index (χ4n) is 2.17. The average molecular weight is 212 g/mol. The van der Waals surface area contributed by atoms with E-state index in [0.717, 1.165) is 23.4 Å². The van der Waals surface area contributed by atoms with Crippen LogP contribution in [-0.2, 0) is 0 Å². The molecule has 14 heavy (non-hydrogen) atoms. The molecule has 1 aliphatic rings. The summed E-state index contributed by atoms with van der Waals surface area (Å²) < 4.78 is 3.87. The molecule has 1 saturated carbocycles. The zero-order chi connectivity index (χ0) is 9.97. The lowest BCUT2D eigenvalue weighted by Gasteiger charge is -2.25. The van der Waals surface area contributed by atoms with Gasteiger partial charge in [-0.1, -0.05) is 23.8 Å². The molecule has 0 saturated heterocycles. The fourth-order valence-corrected chi connectivity index (χ4v) is 2.90. The Hall–Kier alpha value is -0.480. The summed E-state index contributed by atoms with van der Waals surface area (Å²) in [5.41, 5.74) is 0.896. The van der Waals surface area contributed by atoms with Gasteiger partial charge in [-0.15, -0.1) is 5.10 Å². The number of nitrogens with zero attached hydrogens (tertiary/aromatic N) is 2. The Balaban J connectivity index is 2.07. The van der Waals surface area contributed by atoms with Crippen molar-refractivity contribution in [1.82, 2.24) is 9.59 Å². The molecule has 0 spiro atoms. The Bertz CT molecular complexity index is 294. The van der Waals surface area contributed by atoms with E-state index in [-0.39, 0.29) is 6.10 Å². The van der Waals surface area contributed by atoms with Gasteiger partial charge in [0.2, 0.25) is 0 Å². The Morgan fingerprint density at radius 3 is 2.64 bits per heavy atom. The van der Waals surface area contributed by atoms with Crippen molar-refractivity contribution in [2.45, 2.75) is 45.1 Å². The maximum Gasteiger partial charge on any atom is 0.0945 e. The molecule has 0 bridgehead atoms. The van der Waals surface area contributed by atoms with Crippen LogP contribution in [0.1, 0.15) is 48.8 Å². The second kappa shape index (κ2) is 4.36. The van der Waals surface area contributed by atoms with Gasteiger partial charge in [0.15, 0.2) is 0 Å². The van der Waals surface area contributed by atoms with Crippen LogP contribution < -0.4 is 0 Å². The summed E-state index contributed by atoms with van der Waals surface area (Å²) in [6.07, 6.45) is 5.82. The van der Waals surface area contributed by atoms with Crippen molar-refractivity contribution < 1.29 is 5.11 Å². The minimum absolute atomic E-state index is 0.324. The second-order valence-corrected chi connectivity index (χ2v) is 4.85. The Kier molecular flexibility index (Phi) is 3.13. The summed E-state index contributed by atoms with van der Waals surface area (Å²) in [6.45, 7) is 1.92. The summed E-state index contributed by atoms with van der Waals surface area (Å²) in [5.74, 6) is 0.435. The molecule has 1 atom stereocenters. The Labute approximate surface area is 88.3 Å². The summed E-state index contributed by atoms with van der Waals surface area (Å²) in [5, 5.41) is 14.1. The SMILES string of the molecule is Cc1nnsc1C(O)C1CCCCC1. The van der Waals surface area contributed by atoms with Crippen molar-refractivity contribution in [3.63, 3.8) is 0 Å². The second-order valence-electron chi connectivity index (χ2n) is 4.07. The van der Waals surface area contributed by atoms with Crippen molar-refractivity contribution in [3.8, 4) is 0 Å². The third-order valence-electron chi connectivity index (χ3n) is 3.05. The number of hydrogen-bond donors (Lipinski definition) is 1. The Morgan fingerprint density at radius 1 is 1.36 bits per heavy atom. The van der Waals surface area contributed by atoms with E-state index in [0.29, 0.717) is 5.92 Å². The maximum atomic E-state index is 10.1. The quantitative estimate of drug-likeness (QED) is 0.819. The van der Waals surface area contributed by atoms with E-state index in [1.807, 2.05) is 6.92 Å². The lowest BCUT2D eigenvalue weighted by molar-refractivity contribution is 0.0872. The van der Waals surface area contributed by atoms with Crippen LogP contribution in [0.25, 0.3) is 0 Å². The van der Waals surface area contributed by atoms with Crippen molar-refractivity contribution in [2.24, 2.45) is 5.92 Å². The van der Waals surface area contributed by atoms with Crippen molar-refractivity contribution in [1.29, 1.82) is 0 Å². The van der Waals surface area contributed by atoms with E-state index in [1.54, 1.807) is 0 Å². The first-order valence-electron chi connectivity index (χ1n) is 5.26. The van der Waals surface area contributed by atoms with Gasteiger partial charge in [0.25, 0.3) is 0 Å². The largest absolute Gasteiger partial charge is 0.387 e. The van der Waals surface area contributed by atoms with Crippen LogP contribution in [0.3, 0.4) is 0 Å². The molecule has 0 radical (unpaired) electrons. The molecule has 1 N–H and O–H groups in total. The molecule has 4 heteroatoms. The lowest BCUT2D eigenvalue weighted by Crippen LogP contribution is -2.15. The summed E-state index contributed by atoms with van der Waals surface area (Å²) in [6, 6.07) is 0. The summed E-state index contributed by atoms with van der Waals surface area (Å²) in [7, 11) is 0. The molecular weight excluding hydrogens is 196 g/mol. The lowest BCUT2D eigenvalue weighted by atomic mass is 9.84. The minimum atomic E-state index is -0.324. The third kappa shape index (κ3) is 1.96. The standard InChI is InChI=1S/C10H16N2OS/c1-7-10(14-12-11-7)9(13)8-5-3-2-4-6-8/h8-9,13H,2-6H2,1H3. The normalized spacial score (nSPS) is 21.0. The van der Waals surface area contributed by atoms with Crippen LogP contribution >= 0.6 is 11.5 Å². The first kappa shape index (κ1) is 10.1. The van der Waals surface area contributed by atoms with Gasteiger partial charge in [-0.3, -0.25) is 0 Å². The van der Waals surface area contributed by atoms with E-state index in [4.69, 9.17) is 0 Å². The maximum absolute atomic E-state index is 10.1. The number of rotatable bonds is 2. The zero-order valence-corrected chi connectivity index (χ0v) is 9.26. The molecule has 1 fully saturated rings. The third-order valence-corrected chi connectivity index (χ3v) is 3.95. The summed E-state index contributed by atoms with van der Waals surface area (Å²) >= 11 is 1.34. The van der Waals surface area contributed by atoms with Gasteiger partial charge >= 0.3 is 0 Å². The van der Waals surface area contributed by atoms with Gasteiger partial charge in [-0.2, -0.15) is 0 Å². The predicted octanol–water partition coefficient (Wildman–Crippen LogP) is 2.46. The molecule has 1 aromatic heterocycles. The molecule has 1 unspecified atom stereocenters. The Morgan fingerprint density at radius 2 is 2.07 bits per heavy atom. The van der Waals surface area contributed by atoms with Crippen LogP contribution in [0.2, 0.25) is 0 Å². The van der Waals surface area contributed by atoms with Crippen LogP contribution in [-0.4, -0.2) is 14.7 Å². The number of aliphatic hydroxyl groups excluding tert-OH is 1. The number of aliphatic hydroxyl groups is 1. The fraction of sp³-hybridized carbons (Fsp3) is 0.800. The molecular formula is C10H16N2OS. The van der Waals surface area contributed by atoms with Gasteiger partial charge in [-0.05, 0) is 37.2 Å². The van der Waals surface area contributed by atoms with E-state index in [1.165, 1.54) is 30.8 Å². The van der Waals surface area contributed by atoms with Crippen LogP contribution in [0.5, 0.6) is 0 Å². The van der Waals surface area contributed by atoms with Crippen molar-refractivity contribution in [2.75, 3.05) is 0 Å². The molecule has 0 aliphatic heterocycles. The van der Waals surface area contributed by atoms with Gasteiger partial charge < -0.3 is 5.11 Å². The predicted molar refractivity (Wildman–Crippen MR) is 56.2 cm³/mol. The first-order valence-corrected chi connectivity index (χ1v) is 6.03. The van der Waals surface area contributed by atoms with Crippen LogP contribution in [0, 0.1) is 12.8 Å². The van der Waals surface area contributed by atoms with Gasteiger partial charge in [0.1, 0.15) is 0 Å². The van der Waals surface area contributed by atoms with E-state index < -0.39 is 0 Å². The topological polar surface area (TPSA) is 46.0 Å². The van der Waals surface area contributed by atoms with E-state index >= 15 is 0 Å². The van der Waals surface area contributed by atoms with Crippen LogP contribution in [0.15, 0.2) is 0 Å². The highest BCUT2D eigenvalue weighted by Crippen LogP contribution is 2.36. The smallest absolute Gasteiger partial charge is 0.0945 e. The van der Waals surface area contributed by atoms with E-state index in [9.17, 15) is 5.11 Å². The van der Waals surface area contributed by atoms with Gasteiger partial charge in [-0.25, -0.2) is 0 Å². The highest BCUT2D eigenvalue weighted by Gasteiger charge is 2.25. The van der Waals surface area contributed by atoms with Crippen molar-refractivity contribution in [3.05, 3.63) is 10.6 Å². The molecule has 3 nitrogen and oxygen atoms in total. The highest BCUT2D eigenvalue weighted by atomic mass is 32.1.